The van der Waals surface area contributed by atoms with E-state index in [0.29, 0.717) is 13.0 Å². The van der Waals surface area contributed by atoms with Crippen molar-refractivity contribution < 1.29 is 19.1 Å². The van der Waals surface area contributed by atoms with Gasteiger partial charge in [0.15, 0.2) is 5.41 Å². The lowest BCUT2D eigenvalue weighted by atomic mass is 9.72. The summed E-state index contributed by atoms with van der Waals surface area (Å²) >= 11 is 0. The molecule has 2 bridgehead atoms. The molecule has 5 unspecified atom stereocenters. The van der Waals surface area contributed by atoms with Crippen LogP contribution in [-0.4, -0.2) is 24.6 Å². The first-order chi connectivity index (χ1) is 9.85. The van der Waals surface area contributed by atoms with Crippen LogP contribution in [0.1, 0.15) is 40.0 Å². The van der Waals surface area contributed by atoms with Gasteiger partial charge in [-0.3, -0.25) is 9.59 Å². The molecule has 0 N–H and O–H groups in total. The van der Waals surface area contributed by atoms with Gasteiger partial charge < -0.3 is 9.47 Å². The fourth-order valence-corrected chi connectivity index (χ4v) is 4.03. The molecule has 0 amide bonds. The van der Waals surface area contributed by atoms with Crippen molar-refractivity contribution in [2.75, 3.05) is 6.61 Å². The Morgan fingerprint density at radius 2 is 2.29 bits per heavy atom. The molecule has 0 aromatic rings. The first-order valence-electron chi connectivity index (χ1n) is 7.65. The zero-order chi connectivity index (χ0) is 15.4. The third kappa shape index (κ3) is 1.81. The Morgan fingerprint density at radius 1 is 1.57 bits per heavy atom. The number of carbonyl (C=O) groups excluding carboxylic acids is 2. The highest BCUT2D eigenvalue weighted by molar-refractivity contribution is 5.84. The molecule has 3 fully saturated rings. The van der Waals surface area contributed by atoms with Crippen molar-refractivity contribution in [2.24, 2.45) is 28.6 Å². The number of nitriles is 1. The zero-order valence-electron chi connectivity index (χ0n) is 12.7. The molecule has 3 rings (SSSR count). The summed E-state index contributed by atoms with van der Waals surface area (Å²) in [7, 11) is 0. The first kappa shape index (κ1) is 14.4. The molecule has 3 aliphatic rings. The van der Waals surface area contributed by atoms with Gasteiger partial charge in [0.25, 0.3) is 0 Å². The maximum atomic E-state index is 12.1. The summed E-state index contributed by atoms with van der Waals surface area (Å²) < 4.78 is 10.9. The monoisotopic (exact) mass is 291 g/mol. The third-order valence-corrected chi connectivity index (χ3v) is 5.85. The Kier molecular flexibility index (Phi) is 3.05. The van der Waals surface area contributed by atoms with Gasteiger partial charge in [0.05, 0.1) is 18.1 Å². The highest BCUT2D eigenvalue weighted by Crippen LogP contribution is 2.63. The van der Waals surface area contributed by atoms with Crippen LogP contribution in [0.25, 0.3) is 0 Å². The standard InChI is InChI=1S/C16H21NO4/c1-4-15(2,3)13(18)20-7-10-9-5-11-12(10)21-14(19)16(11,6-9)8-17/h9-12H,4-7H2,1-3H3. The Bertz CT molecular complexity index is 535. The normalized spacial score (nSPS) is 40.0. The largest absolute Gasteiger partial charge is 0.465 e. The van der Waals surface area contributed by atoms with E-state index < -0.39 is 10.8 Å². The lowest BCUT2D eigenvalue weighted by molar-refractivity contribution is -0.157. The number of esters is 2. The quantitative estimate of drug-likeness (QED) is 0.741. The molecule has 0 spiro atoms. The third-order valence-electron chi connectivity index (χ3n) is 5.85. The molecular formula is C16H21NO4. The SMILES string of the molecule is CCC(C)(C)C(=O)OCC1C2CC3C1OC(=O)C3(C#N)C2. The first-order valence-corrected chi connectivity index (χ1v) is 7.65. The van der Waals surface area contributed by atoms with Crippen LogP contribution in [0, 0.1) is 39.9 Å². The van der Waals surface area contributed by atoms with Crippen molar-refractivity contribution in [2.45, 2.75) is 46.1 Å². The second-order valence-electron chi connectivity index (χ2n) is 7.26. The van der Waals surface area contributed by atoms with Crippen LogP contribution in [-0.2, 0) is 19.1 Å². The summed E-state index contributed by atoms with van der Waals surface area (Å²) in [6.07, 6.45) is 1.87. The van der Waals surface area contributed by atoms with Gasteiger partial charge in [0.2, 0.25) is 0 Å². The summed E-state index contributed by atoms with van der Waals surface area (Å²) in [6.45, 7) is 5.99. The van der Waals surface area contributed by atoms with Gasteiger partial charge in [-0.25, -0.2) is 0 Å². The minimum atomic E-state index is -0.918. The van der Waals surface area contributed by atoms with Gasteiger partial charge in [-0.2, -0.15) is 5.26 Å². The van der Waals surface area contributed by atoms with Gasteiger partial charge in [0, 0.05) is 11.8 Å². The Morgan fingerprint density at radius 3 is 2.90 bits per heavy atom. The van der Waals surface area contributed by atoms with Crippen LogP contribution in [0.4, 0.5) is 0 Å². The fraction of sp³-hybridized carbons (Fsp3) is 0.812. The van der Waals surface area contributed by atoms with Crippen LogP contribution in [0.2, 0.25) is 0 Å². The predicted octanol–water partition coefficient (Wildman–Crippen LogP) is 2.06. The molecule has 0 aromatic carbocycles. The minimum Gasteiger partial charge on any atom is -0.465 e. The number of hydrogen-bond donors (Lipinski definition) is 0. The van der Waals surface area contributed by atoms with E-state index >= 15 is 0 Å². The molecular weight excluding hydrogens is 270 g/mol. The van der Waals surface area contributed by atoms with E-state index in [1.165, 1.54) is 0 Å². The summed E-state index contributed by atoms with van der Waals surface area (Å²) in [6, 6.07) is 2.19. The molecule has 114 valence electrons. The summed E-state index contributed by atoms with van der Waals surface area (Å²) in [5, 5.41) is 9.34. The Labute approximate surface area is 124 Å². The number of rotatable bonds is 4. The van der Waals surface area contributed by atoms with Crippen LogP contribution in [0.5, 0.6) is 0 Å². The van der Waals surface area contributed by atoms with E-state index in [2.05, 4.69) is 6.07 Å². The molecule has 5 heteroatoms. The number of nitrogens with zero attached hydrogens (tertiary/aromatic N) is 1. The van der Waals surface area contributed by atoms with E-state index in [0.717, 1.165) is 12.8 Å². The summed E-state index contributed by atoms with van der Waals surface area (Å²) in [5.41, 5.74) is -1.40. The van der Waals surface area contributed by atoms with Crippen molar-refractivity contribution in [3.8, 4) is 6.07 Å². The molecule has 2 aliphatic carbocycles. The van der Waals surface area contributed by atoms with Gasteiger partial charge in [-0.15, -0.1) is 0 Å². The zero-order valence-corrected chi connectivity index (χ0v) is 12.7. The summed E-state index contributed by atoms with van der Waals surface area (Å²) in [4.78, 5) is 24.0. The number of hydrogen-bond acceptors (Lipinski definition) is 5. The second-order valence-corrected chi connectivity index (χ2v) is 7.26. The maximum absolute atomic E-state index is 12.1. The highest BCUT2D eigenvalue weighted by Gasteiger charge is 2.71. The molecule has 5 atom stereocenters. The molecule has 0 radical (unpaired) electrons. The van der Waals surface area contributed by atoms with E-state index in [1.807, 2.05) is 20.8 Å². The van der Waals surface area contributed by atoms with Crippen molar-refractivity contribution >= 4 is 11.9 Å². The highest BCUT2D eigenvalue weighted by atomic mass is 16.6. The van der Waals surface area contributed by atoms with E-state index in [1.54, 1.807) is 0 Å². The van der Waals surface area contributed by atoms with Gasteiger partial charge >= 0.3 is 11.9 Å². The lowest BCUT2D eigenvalue weighted by Crippen LogP contribution is -2.37. The van der Waals surface area contributed by atoms with E-state index in [-0.39, 0.29) is 35.8 Å². The van der Waals surface area contributed by atoms with Crippen LogP contribution in [0.15, 0.2) is 0 Å². The number of ether oxygens (including phenoxy) is 2. The van der Waals surface area contributed by atoms with E-state index in [4.69, 9.17) is 9.47 Å². The van der Waals surface area contributed by atoms with Gasteiger partial charge in [0.1, 0.15) is 6.10 Å². The maximum Gasteiger partial charge on any atom is 0.327 e. The average Bonchev–Trinajstić information content (AvgIpc) is 3.04. The molecule has 1 saturated heterocycles. The van der Waals surface area contributed by atoms with Crippen LogP contribution in [0.3, 0.4) is 0 Å². The lowest BCUT2D eigenvalue weighted by Gasteiger charge is -2.29. The van der Waals surface area contributed by atoms with Crippen molar-refractivity contribution in [1.29, 1.82) is 5.26 Å². The number of fused-ring (bicyclic) bond motifs is 1. The predicted molar refractivity (Wildman–Crippen MR) is 72.7 cm³/mol. The fourth-order valence-electron chi connectivity index (χ4n) is 4.03. The van der Waals surface area contributed by atoms with Gasteiger partial charge in [-0.1, -0.05) is 6.92 Å². The molecule has 1 aliphatic heterocycles. The van der Waals surface area contributed by atoms with E-state index in [9.17, 15) is 14.9 Å². The summed E-state index contributed by atoms with van der Waals surface area (Å²) in [5.74, 6) is -0.278. The molecule has 0 aromatic heterocycles. The van der Waals surface area contributed by atoms with Gasteiger partial charge in [-0.05, 0) is 39.0 Å². The van der Waals surface area contributed by atoms with Crippen molar-refractivity contribution in [3.63, 3.8) is 0 Å². The Balaban J connectivity index is 1.68. The minimum absolute atomic E-state index is 0.0112. The second kappa shape index (κ2) is 4.46. The molecule has 5 nitrogen and oxygen atoms in total. The molecule has 1 heterocycles. The smallest absolute Gasteiger partial charge is 0.327 e. The van der Waals surface area contributed by atoms with Crippen molar-refractivity contribution in [3.05, 3.63) is 0 Å². The number of carbonyl (C=O) groups is 2. The average molecular weight is 291 g/mol. The Hall–Kier alpha value is -1.57. The molecule has 2 saturated carbocycles. The van der Waals surface area contributed by atoms with Crippen LogP contribution < -0.4 is 0 Å². The topological polar surface area (TPSA) is 76.4 Å². The molecule has 21 heavy (non-hydrogen) atoms. The van der Waals surface area contributed by atoms with Crippen molar-refractivity contribution in [1.82, 2.24) is 0 Å². The van der Waals surface area contributed by atoms with Crippen LogP contribution >= 0.6 is 0 Å².